The van der Waals surface area contributed by atoms with Crippen LogP contribution in [0, 0.1) is 5.41 Å². The standard InChI is InChI=1S/C27H36Si/c1-4-13-23(14-5-1)28(25-17-8-9-18-25,24-15-6-2-7-16-24)26-19-12-22-27(26)20-10-3-11-21-27/h1-2,4-7,13-16,25-26H,3,8-12,17-22H2. The summed E-state index contributed by atoms with van der Waals surface area (Å²) in [7, 11) is -1.84. The zero-order chi connectivity index (χ0) is 18.9. The summed E-state index contributed by atoms with van der Waals surface area (Å²) in [6.45, 7) is 0. The lowest BCUT2D eigenvalue weighted by Gasteiger charge is -2.52. The van der Waals surface area contributed by atoms with Crippen LogP contribution in [0.5, 0.6) is 0 Å². The van der Waals surface area contributed by atoms with E-state index in [1.54, 1.807) is 10.4 Å². The van der Waals surface area contributed by atoms with Crippen LogP contribution in [0.1, 0.15) is 77.0 Å². The van der Waals surface area contributed by atoms with Crippen molar-refractivity contribution >= 4 is 18.4 Å². The molecule has 0 aromatic heterocycles. The first-order valence-electron chi connectivity index (χ1n) is 12.0. The average Bonchev–Trinajstić information content (AvgIpc) is 3.43. The summed E-state index contributed by atoms with van der Waals surface area (Å²) in [6, 6.07) is 23.9. The largest absolute Gasteiger partial charge is 0.124 e. The minimum atomic E-state index is -1.84. The van der Waals surface area contributed by atoms with Crippen LogP contribution >= 0.6 is 0 Å². The molecule has 3 saturated carbocycles. The molecule has 5 rings (SSSR count). The summed E-state index contributed by atoms with van der Waals surface area (Å²) in [5.41, 5.74) is 2.55. The zero-order valence-electron chi connectivity index (χ0n) is 17.4. The topological polar surface area (TPSA) is 0 Å². The Kier molecular flexibility index (Phi) is 5.22. The summed E-state index contributed by atoms with van der Waals surface area (Å²) >= 11 is 0. The predicted octanol–water partition coefficient (Wildman–Crippen LogP) is 6.70. The molecule has 2 aromatic rings. The van der Waals surface area contributed by atoms with Gasteiger partial charge in [0, 0.05) is 0 Å². The van der Waals surface area contributed by atoms with Gasteiger partial charge < -0.3 is 0 Å². The molecule has 148 valence electrons. The molecule has 0 nitrogen and oxygen atoms in total. The van der Waals surface area contributed by atoms with Gasteiger partial charge in [0.05, 0.1) is 0 Å². The number of hydrogen-bond donors (Lipinski definition) is 0. The molecule has 3 aliphatic rings. The fourth-order valence-corrected chi connectivity index (χ4v) is 15.4. The highest BCUT2D eigenvalue weighted by atomic mass is 28.3. The van der Waals surface area contributed by atoms with Gasteiger partial charge in [-0.3, -0.25) is 0 Å². The molecule has 0 amide bonds. The van der Waals surface area contributed by atoms with Crippen molar-refractivity contribution in [2.45, 2.75) is 88.1 Å². The van der Waals surface area contributed by atoms with Crippen molar-refractivity contribution in [3.8, 4) is 0 Å². The van der Waals surface area contributed by atoms with Crippen LogP contribution in [0.4, 0.5) is 0 Å². The van der Waals surface area contributed by atoms with E-state index in [1.165, 1.54) is 77.0 Å². The number of benzene rings is 2. The van der Waals surface area contributed by atoms with Gasteiger partial charge in [-0.1, -0.05) is 129 Å². The van der Waals surface area contributed by atoms with E-state index < -0.39 is 8.07 Å². The Labute approximate surface area is 172 Å². The molecule has 28 heavy (non-hydrogen) atoms. The fourth-order valence-electron chi connectivity index (χ4n) is 7.84. The van der Waals surface area contributed by atoms with Crippen molar-refractivity contribution in [2.75, 3.05) is 0 Å². The van der Waals surface area contributed by atoms with Gasteiger partial charge in [-0.25, -0.2) is 0 Å². The van der Waals surface area contributed by atoms with E-state index in [-0.39, 0.29) is 0 Å². The minimum absolute atomic E-state index is 0.652. The van der Waals surface area contributed by atoms with Crippen molar-refractivity contribution in [3.05, 3.63) is 60.7 Å². The monoisotopic (exact) mass is 388 g/mol. The van der Waals surface area contributed by atoms with Gasteiger partial charge in [-0.05, 0) is 35.8 Å². The molecular weight excluding hydrogens is 352 g/mol. The molecule has 1 heteroatoms. The third-order valence-corrected chi connectivity index (χ3v) is 15.3. The third kappa shape index (κ3) is 2.93. The van der Waals surface area contributed by atoms with Crippen molar-refractivity contribution in [2.24, 2.45) is 5.41 Å². The quantitative estimate of drug-likeness (QED) is 0.511. The SMILES string of the molecule is c1ccc([Si](c2ccccc2)(C2CCCC2)C2CCCC23CCCCC3)cc1. The molecule has 2 aromatic carbocycles. The highest BCUT2D eigenvalue weighted by Gasteiger charge is 2.59. The molecule has 3 fully saturated rings. The zero-order valence-corrected chi connectivity index (χ0v) is 18.4. The molecule has 0 radical (unpaired) electrons. The Bertz CT molecular complexity index is 714. The van der Waals surface area contributed by atoms with E-state index in [4.69, 9.17) is 0 Å². The maximum atomic E-state index is 2.53. The predicted molar refractivity (Wildman–Crippen MR) is 123 cm³/mol. The van der Waals surface area contributed by atoms with Crippen molar-refractivity contribution in [3.63, 3.8) is 0 Å². The average molecular weight is 389 g/mol. The highest BCUT2D eigenvalue weighted by molar-refractivity contribution is 7.04. The summed E-state index contributed by atoms with van der Waals surface area (Å²) in [4.78, 5) is 0. The van der Waals surface area contributed by atoms with Gasteiger partial charge in [-0.15, -0.1) is 0 Å². The number of hydrogen-bond acceptors (Lipinski definition) is 0. The van der Waals surface area contributed by atoms with Crippen LogP contribution in [-0.2, 0) is 0 Å². The molecule has 1 spiro atoms. The highest BCUT2D eigenvalue weighted by Crippen LogP contribution is 2.62. The molecular formula is C27H36Si. The van der Waals surface area contributed by atoms with Gasteiger partial charge in [-0.2, -0.15) is 0 Å². The molecule has 0 saturated heterocycles. The smallest absolute Gasteiger partial charge is 0.0626 e. The first-order chi connectivity index (χ1) is 13.9. The Balaban J connectivity index is 1.74. The molecule has 0 aliphatic heterocycles. The van der Waals surface area contributed by atoms with Crippen LogP contribution < -0.4 is 10.4 Å². The van der Waals surface area contributed by atoms with Gasteiger partial charge in [0.1, 0.15) is 8.07 Å². The first kappa shape index (κ1) is 18.7. The van der Waals surface area contributed by atoms with E-state index in [2.05, 4.69) is 60.7 Å². The normalized spacial score (nSPS) is 25.4. The number of rotatable bonds is 4. The molecule has 1 unspecified atom stereocenters. The van der Waals surface area contributed by atoms with Crippen molar-refractivity contribution in [1.82, 2.24) is 0 Å². The van der Waals surface area contributed by atoms with Crippen LogP contribution in [0.25, 0.3) is 0 Å². The molecule has 1 atom stereocenters. The van der Waals surface area contributed by atoms with E-state index in [9.17, 15) is 0 Å². The van der Waals surface area contributed by atoms with E-state index in [0.29, 0.717) is 5.41 Å². The van der Waals surface area contributed by atoms with Crippen LogP contribution in [-0.4, -0.2) is 8.07 Å². The maximum absolute atomic E-state index is 2.53. The Morgan fingerprint density at radius 2 is 1.11 bits per heavy atom. The summed E-state index contributed by atoms with van der Waals surface area (Å²) < 4.78 is 0. The second kappa shape index (κ2) is 7.82. The van der Waals surface area contributed by atoms with Crippen LogP contribution in [0.2, 0.25) is 11.1 Å². The lowest BCUT2D eigenvalue weighted by molar-refractivity contribution is 0.193. The summed E-state index contributed by atoms with van der Waals surface area (Å²) in [6.07, 6.45) is 17.8. The second-order valence-corrected chi connectivity index (χ2v) is 14.4. The van der Waals surface area contributed by atoms with Crippen LogP contribution in [0.3, 0.4) is 0 Å². The maximum Gasteiger partial charge on any atom is 0.124 e. The summed E-state index contributed by atoms with van der Waals surface area (Å²) in [5.74, 6) is 0. The van der Waals surface area contributed by atoms with Crippen molar-refractivity contribution in [1.29, 1.82) is 0 Å². The second-order valence-electron chi connectivity index (χ2n) is 9.95. The Morgan fingerprint density at radius 3 is 1.68 bits per heavy atom. The van der Waals surface area contributed by atoms with Crippen LogP contribution in [0.15, 0.2) is 60.7 Å². The molecule has 3 aliphatic carbocycles. The Morgan fingerprint density at radius 1 is 0.571 bits per heavy atom. The van der Waals surface area contributed by atoms with Gasteiger partial charge >= 0.3 is 0 Å². The lowest BCUT2D eigenvalue weighted by Crippen LogP contribution is -2.66. The van der Waals surface area contributed by atoms with E-state index in [1.807, 2.05) is 0 Å². The van der Waals surface area contributed by atoms with E-state index >= 15 is 0 Å². The fraction of sp³-hybridized carbons (Fsp3) is 0.556. The van der Waals surface area contributed by atoms with E-state index in [0.717, 1.165) is 11.1 Å². The Hall–Kier alpha value is -1.34. The first-order valence-corrected chi connectivity index (χ1v) is 14.1. The molecule has 0 heterocycles. The molecule has 0 bridgehead atoms. The van der Waals surface area contributed by atoms with Gasteiger partial charge in [0.2, 0.25) is 0 Å². The molecule has 0 N–H and O–H groups in total. The third-order valence-electron chi connectivity index (χ3n) is 8.81. The minimum Gasteiger partial charge on any atom is -0.0626 e. The summed E-state index contributed by atoms with van der Waals surface area (Å²) in [5, 5.41) is 3.51. The lowest BCUT2D eigenvalue weighted by atomic mass is 9.72. The van der Waals surface area contributed by atoms with Gasteiger partial charge in [0.25, 0.3) is 0 Å². The van der Waals surface area contributed by atoms with Gasteiger partial charge in [0.15, 0.2) is 0 Å². The van der Waals surface area contributed by atoms with Crippen molar-refractivity contribution < 1.29 is 0 Å².